The minimum Gasteiger partial charge on any atom is -0.469 e. The van der Waals surface area contributed by atoms with Crippen LogP contribution in [0.25, 0.3) is 0 Å². The molecule has 0 aliphatic carbocycles. The summed E-state index contributed by atoms with van der Waals surface area (Å²) in [6, 6.07) is 0. The summed E-state index contributed by atoms with van der Waals surface area (Å²) in [6.07, 6.45) is 1.93. The molecular weight excluding hydrogens is 212 g/mol. The van der Waals surface area contributed by atoms with Gasteiger partial charge in [-0.25, -0.2) is 0 Å². The molecular formula is C11H20O3S. The first-order chi connectivity index (χ1) is 6.94. The maximum absolute atomic E-state index is 11.7. The molecule has 0 aliphatic heterocycles. The summed E-state index contributed by atoms with van der Waals surface area (Å²) in [5, 5.41) is 0.204. The van der Waals surface area contributed by atoms with Crippen molar-refractivity contribution in [3.8, 4) is 0 Å². The van der Waals surface area contributed by atoms with E-state index in [0.29, 0.717) is 18.6 Å². The normalized spacial score (nSPS) is 11.2. The van der Waals surface area contributed by atoms with Gasteiger partial charge in [0.15, 0.2) is 5.12 Å². The maximum atomic E-state index is 11.7. The van der Waals surface area contributed by atoms with Crippen LogP contribution in [0.3, 0.4) is 0 Å². The van der Waals surface area contributed by atoms with Gasteiger partial charge in [0, 0.05) is 17.6 Å². The van der Waals surface area contributed by atoms with Gasteiger partial charge in [0.1, 0.15) is 0 Å². The van der Waals surface area contributed by atoms with Crippen LogP contribution in [0.4, 0.5) is 0 Å². The van der Waals surface area contributed by atoms with Crippen molar-refractivity contribution in [3.63, 3.8) is 0 Å². The number of esters is 1. The van der Waals surface area contributed by atoms with E-state index in [1.165, 1.54) is 18.9 Å². The molecule has 0 N–H and O–H groups in total. The van der Waals surface area contributed by atoms with Crippen molar-refractivity contribution < 1.29 is 14.3 Å². The molecule has 0 radical (unpaired) electrons. The van der Waals surface area contributed by atoms with Crippen molar-refractivity contribution in [3.05, 3.63) is 0 Å². The Morgan fingerprint density at radius 1 is 1.33 bits per heavy atom. The molecule has 0 unspecified atom stereocenters. The molecule has 0 spiro atoms. The Bertz CT molecular complexity index is 224. The zero-order chi connectivity index (χ0) is 11.9. The highest BCUT2D eigenvalue weighted by Gasteiger charge is 2.25. The Balaban J connectivity index is 3.69. The second kappa shape index (κ2) is 6.88. The van der Waals surface area contributed by atoms with Gasteiger partial charge in [0.05, 0.1) is 7.11 Å². The minimum absolute atomic E-state index is 0.204. The Morgan fingerprint density at radius 2 is 1.93 bits per heavy atom. The van der Waals surface area contributed by atoms with E-state index in [1.807, 2.05) is 20.8 Å². The van der Waals surface area contributed by atoms with Crippen LogP contribution < -0.4 is 0 Å². The molecule has 0 amide bonds. The summed E-state index contributed by atoms with van der Waals surface area (Å²) < 4.78 is 4.51. The molecule has 0 atom stereocenters. The third-order valence-electron chi connectivity index (χ3n) is 2.42. The van der Waals surface area contributed by atoms with Crippen molar-refractivity contribution in [2.75, 3.05) is 12.9 Å². The van der Waals surface area contributed by atoms with Crippen molar-refractivity contribution in [2.24, 2.45) is 5.41 Å². The van der Waals surface area contributed by atoms with Crippen molar-refractivity contribution in [1.29, 1.82) is 0 Å². The number of carbonyl (C=O) groups is 2. The third kappa shape index (κ3) is 5.82. The summed E-state index contributed by atoms with van der Waals surface area (Å²) in [6.45, 7) is 5.90. The van der Waals surface area contributed by atoms with Crippen LogP contribution in [-0.2, 0) is 14.3 Å². The lowest BCUT2D eigenvalue weighted by Gasteiger charge is -2.19. The van der Waals surface area contributed by atoms with E-state index >= 15 is 0 Å². The Morgan fingerprint density at radius 3 is 2.40 bits per heavy atom. The van der Waals surface area contributed by atoms with E-state index in [0.717, 1.165) is 6.42 Å². The van der Waals surface area contributed by atoms with E-state index in [-0.39, 0.29) is 16.5 Å². The van der Waals surface area contributed by atoms with Crippen molar-refractivity contribution in [2.45, 2.75) is 40.0 Å². The quantitative estimate of drug-likeness (QED) is 0.521. The summed E-state index contributed by atoms with van der Waals surface area (Å²) >= 11 is 1.31. The molecule has 0 saturated carbocycles. The fourth-order valence-electron chi connectivity index (χ4n) is 0.823. The number of thioether (sulfide) groups is 1. The van der Waals surface area contributed by atoms with Crippen molar-refractivity contribution in [1.82, 2.24) is 0 Å². The zero-order valence-electron chi connectivity index (χ0n) is 9.96. The lowest BCUT2D eigenvalue weighted by molar-refractivity contribution is -0.140. The van der Waals surface area contributed by atoms with Gasteiger partial charge in [-0.2, -0.15) is 0 Å². The Kier molecular flexibility index (Phi) is 6.65. The molecule has 3 nitrogen and oxygen atoms in total. The molecule has 4 heteroatoms. The number of carbonyl (C=O) groups excluding carboxylic acids is 2. The van der Waals surface area contributed by atoms with E-state index in [4.69, 9.17) is 0 Å². The van der Waals surface area contributed by atoms with Gasteiger partial charge in [-0.05, 0) is 12.8 Å². The monoisotopic (exact) mass is 232 g/mol. The van der Waals surface area contributed by atoms with Gasteiger partial charge in [0.25, 0.3) is 0 Å². The third-order valence-corrected chi connectivity index (χ3v) is 3.73. The van der Waals surface area contributed by atoms with Crippen LogP contribution in [0.5, 0.6) is 0 Å². The number of hydrogen-bond acceptors (Lipinski definition) is 4. The molecule has 0 aromatic heterocycles. The van der Waals surface area contributed by atoms with Crippen LogP contribution in [-0.4, -0.2) is 23.9 Å². The van der Waals surface area contributed by atoms with Gasteiger partial charge in [-0.3, -0.25) is 9.59 Å². The van der Waals surface area contributed by atoms with Crippen LogP contribution >= 0.6 is 11.8 Å². The highest BCUT2D eigenvalue weighted by atomic mass is 32.2. The van der Waals surface area contributed by atoms with Crippen LogP contribution in [0.15, 0.2) is 0 Å². The molecule has 0 fully saturated rings. The van der Waals surface area contributed by atoms with Crippen LogP contribution in [0, 0.1) is 5.41 Å². The molecule has 0 aromatic carbocycles. The summed E-state index contributed by atoms with van der Waals surface area (Å²) in [5.41, 5.74) is -0.254. The van der Waals surface area contributed by atoms with E-state index in [1.54, 1.807) is 0 Å². The average Bonchev–Trinajstić information content (AvgIpc) is 2.23. The minimum atomic E-state index is -0.254. The van der Waals surface area contributed by atoms with Crippen LogP contribution in [0.2, 0.25) is 0 Å². The lowest BCUT2D eigenvalue weighted by atomic mass is 9.92. The van der Waals surface area contributed by atoms with Gasteiger partial charge in [-0.1, -0.05) is 32.5 Å². The molecule has 0 bridgehead atoms. The predicted octanol–water partition coefficient (Wildman–Crippen LogP) is 2.64. The molecule has 0 aliphatic rings. The first-order valence-corrected chi connectivity index (χ1v) is 6.16. The predicted molar refractivity (Wildman–Crippen MR) is 62.8 cm³/mol. The second-order valence-electron chi connectivity index (χ2n) is 4.05. The van der Waals surface area contributed by atoms with Crippen LogP contribution in [0.1, 0.15) is 40.0 Å². The number of ether oxygens (including phenoxy) is 1. The summed E-state index contributed by atoms with van der Waals surface area (Å²) in [7, 11) is 1.38. The Hall–Kier alpha value is -0.510. The fraction of sp³-hybridized carbons (Fsp3) is 0.818. The molecule has 88 valence electrons. The molecule has 0 heterocycles. The first-order valence-electron chi connectivity index (χ1n) is 5.18. The van der Waals surface area contributed by atoms with E-state index in [2.05, 4.69) is 4.74 Å². The Labute approximate surface area is 95.9 Å². The van der Waals surface area contributed by atoms with E-state index < -0.39 is 0 Å². The molecule has 15 heavy (non-hydrogen) atoms. The van der Waals surface area contributed by atoms with Gasteiger partial charge in [0.2, 0.25) is 0 Å². The lowest BCUT2D eigenvalue weighted by Crippen LogP contribution is -2.20. The zero-order valence-corrected chi connectivity index (χ0v) is 10.8. The van der Waals surface area contributed by atoms with Gasteiger partial charge in [-0.15, -0.1) is 0 Å². The highest BCUT2D eigenvalue weighted by molar-refractivity contribution is 8.13. The molecule has 0 saturated heterocycles. The van der Waals surface area contributed by atoms with Gasteiger partial charge < -0.3 is 4.74 Å². The summed E-state index contributed by atoms with van der Waals surface area (Å²) in [5.74, 6) is 0.481. The number of hydrogen-bond donors (Lipinski definition) is 0. The SMILES string of the molecule is CCC(C)(C)C(=O)SCCCC(=O)OC. The van der Waals surface area contributed by atoms with E-state index in [9.17, 15) is 9.59 Å². The molecule has 0 rings (SSSR count). The smallest absolute Gasteiger partial charge is 0.305 e. The van der Waals surface area contributed by atoms with Crippen molar-refractivity contribution >= 4 is 22.8 Å². The largest absolute Gasteiger partial charge is 0.469 e. The number of rotatable bonds is 6. The standard InChI is InChI=1S/C11H20O3S/c1-5-11(2,3)10(13)15-8-6-7-9(12)14-4/h5-8H2,1-4H3. The second-order valence-corrected chi connectivity index (χ2v) is 5.12. The summed E-state index contributed by atoms with van der Waals surface area (Å²) in [4.78, 5) is 22.4. The number of methoxy groups -OCH3 is 1. The maximum Gasteiger partial charge on any atom is 0.305 e. The molecule has 0 aromatic rings. The average molecular weight is 232 g/mol. The topological polar surface area (TPSA) is 43.4 Å². The fourth-order valence-corrected chi connectivity index (χ4v) is 1.83. The highest BCUT2D eigenvalue weighted by Crippen LogP contribution is 2.27. The first kappa shape index (κ1) is 14.5. The van der Waals surface area contributed by atoms with Gasteiger partial charge >= 0.3 is 5.97 Å².